The zero-order chi connectivity index (χ0) is 32.2. The molecule has 0 aliphatic heterocycles. The second kappa shape index (κ2) is 16.4. The quantitative estimate of drug-likeness (QED) is 0.248. The average molecular weight is 646 g/mol. The summed E-state index contributed by atoms with van der Waals surface area (Å²) in [6, 6.07) is 13.0. The maximum Gasteiger partial charge on any atom is 0.341 e. The highest BCUT2D eigenvalue weighted by molar-refractivity contribution is 8.03. The number of benzene rings is 2. The number of rotatable bonds is 8. The highest BCUT2D eigenvalue weighted by atomic mass is 32.3. The summed E-state index contributed by atoms with van der Waals surface area (Å²) in [5.41, 5.74) is 0. The Labute approximate surface area is 249 Å². The smallest absolute Gasteiger partial charge is 0.341 e. The van der Waals surface area contributed by atoms with Crippen LogP contribution in [-0.4, -0.2) is 75.5 Å². The lowest BCUT2D eigenvalue weighted by Gasteiger charge is -2.15. The van der Waals surface area contributed by atoms with Gasteiger partial charge >= 0.3 is 11.9 Å². The zero-order valence-electron chi connectivity index (χ0n) is 23.3. The molecule has 0 bridgehead atoms. The number of alkyl halides is 1. The highest BCUT2D eigenvalue weighted by Crippen LogP contribution is 2.25. The number of halogens is 2. The molecule has 236 valence electrons. The Hall–Kier alpha value is -3.50. The Morgan fingerprint density at radius 3 is 1.67 bits per heavy atom. The van der Waals surface area contributed by atoms with Crippen molar-refractivity contribution < 1.29 is 55.0 Å². The first kappa shape index (κ1) is 35.7. The van der Waals surface area contributed by atoms with Crippen LogP contribution in [0.2, 0.25) is 0 Å². The first-order chi connectivity index (χ1) is 20.3. The van der Waals surface area contributed by atoms with Crippen molar-refractivity contribution in [1.29, 1.82) is 0 Å². The van der Waals surface area contributed by atoms with Crippen molar-refractivity contribution >= 4 is 32.0 Å². The number of nitrogens with zero attached hydrogens (tertiary/aromatic N) is 1. The van der Waals surface area contributed by atoms with Crippen LogP contribution in [0.4, 0.5) is 8.87 Å². The van der Waals surface area contributed by atoms with Gasteiger partial charge in [0.2, 0.25) is 6.17 Å². The third kappa shape index (κ3) is 9.76. The van der Waals surface area contributed by atoms with Gasteiger partial charge in [-0.15, -0.1) is 4.48 Å². The lowest BCUT2D eigenvalue weighted by Crippen LogP contribution is -2.31. The summed E-state index contributed by atoms with van der Waals surface area (Å²) in [4.78, 5) is 20.6. The van der Waals surface area contributed by atoms with Crippen molar-refractivity contribution in [2.45, 2.75) is 47.4 Å². The zero-order valence-corrected chi connectivity index (χ0v) is 24.9. The molecule has 0 amide bonds. The van der Waals surface area contributed by atoms with E-state index >= 15 is 0 Å². The number of esters is 2. The van der Waals surface area contributed by atoms with Crippen LogP contribution < -0.4 is 0 Å². The van der Waals surface area contributed by atoms with E-state index in [2.05, 4.69) is 9.47 Å². The van der Waals surface area contributed by atoms with E-state index in [1.54, 1.807) is 6.08 Å². The molecule has 2 aromatic carbocycles. The fourth-order valence-electron chi connectivity index (χ4n) is 3.88. The lowest BCUT2D eigenvalue weighted by atomic mass is 10.0. The van der Waals surface area contributed by atoms with Crippen LogP contribution in [0.1, 0.15) is 19.3 Å². The van der Waals surface area contributed by atoms with Crippen LogP contribution in [0.15, 0.2) is 94.8 Å². The molecule has 2 aliphatic rings. The van der Waals surface area contributed by atoms with Crippen LogP contribution in [0.25, 0.3) is 0 Å². The SMILES string of the molecule is COC(=O)C(F)[C@@H]1C=CC[C@H]1O.COC(=O)C[C@@H]1C=CC[C@H]1O.O=S(=O)(c1ccccc1)N(F)S(=O)(=O)c1ccccc1. The molecule has 0 heterocycles. The van der Waals surface area contributed by atoms with E-state index in [9.17, 15) is 45.5 Å². The Morgan fingerprint density at radius 2 is 1.30 bits per heavy atom. The van der Waals surface area contributed by atoms with Crippen molar-refractivity contribution in [2.24, 2.45) is 11.8 Å². The number of methoxy groups -OCH3 is 2. The third-order valence-corrected chi connectivity index (χ3v) is 9.96. The van der Waals surface area contributed by atoms with Crippen LogP contribution in [0, 0.1) is 11.8 Å². The molecule has 11 nitrogen and oxygen atoms in total. The third-order valence-electron chi connectivity index (χ3n) is 6.29. The molecule has 2 N–H and O–H groups in total. The monoisotopic (exact) mass is 645 g/mol. The molecule has 0 radical (unpaired) electrons. The van der Waals surface area contributed by atoms with E-state index in [1.807, 2.05) is 12.2 Å². The first-order valence-corrected chi connectivity index (χ1v) is 15.7. The van der Waals surface area contributed by atoms with E-state index in [0.717, 1.165) is 31.4 Å². The van der Waals surface area contributed by atoms with Gasteiger partial charge in [0.15, 0.2) is 0 Å². The Morgan fingerprint density at radius 1 is 0.837 bits per heavy atom. The number of hydrogen-bond acceptors (Lipinski definition) is 10. The second-order valence-electron chi connectivity index (χ2n) is 9.20. The number of aliphatic hydroxyl groups is 2. The molecule has 4 rings (SSSR count). The average Bonchev–Trinajstić information content (AvgIpc) is 3.64. The van der Waals surface area contributed by atoms with Crippen molar-refractivity contribution in [1.82, 2.24) is 3.93 Å². The molecular weight excluding hydrogens is 612 g/mol. The largest absolute Gasteiger partial charge is 0.469 e. The van der Waals surface area contributed by atoms with Gasteiger partial charge in [-0.1, -0.05) is 60.7 Å². The lowest BCUT2D eigenvalue weighted by molar-refractivity contribution is -0.149. The maximum absolute atomic E-state index is 14.0. The van der Waals surface area contributed by atoms with Gasteiger partial charge in [-0.25, -0.2) is 26.0 Å². The predicted octanol–water partition coefficient (Wildman–Crippen LogP) is 2.87. The van der Waals surface area contributed by atoms with Crippen LogP contribution >= 0.6 is 0 Å². The number of aliphatic hydroxyl groups excluding tert-OH is 2. The van der Waals surface area contributed by atoms with Crippen molar-refractivity contribution in [2.75, 3.05) is 14.2 Å². The van der Waals surface area contributed by atoms with Gasteiger partial charge in [0.05, 0.1) is 46.6 Å². The van der Waals surface area contributed by atoms with E-state index in [-0.39, 0.29) is 18.3 Å². The number of ether oxygens (including phenoxy) is 2. The van der Waals surface area contributed by atoms with E-state index in [1.165, 1.54) is 49.6 Å². The molecule has 2 aliphatic carbocycles. The van der Waals surface area contributed by atoms with Crippen molar-refractivity contribution in [3.63, 3.8) is 0 Å². The summed E-state index contributed by atoms with van der Waals surface area (Å²) < 4.78 is 82.3. The van der Waals surface area contributed by atoms with Crippen LogP contribution in [0.5, 0.6) is 0 Å². The number of hydrogen-bond donors (Lipinski definition) is 2. The summed E-state index contributed by atoms with van der Waals surface area (Å²) in [6.45, 7) is 0. The number of sulfonamides is 2. The fraction of sp³-hybridized carbons (Fsp3) is 0.357. The van der Waals surface area contributed by atoms with Crippen molar-refractivity contribution in [3.8, 4) is 0 Å². The second-order valence-corrected chi connectivity index (χ2v) is 12.9. The maximum atomic E-state index is 14.0. The van der Waals surface area contributed by atoms with Crippen molar-refractivity contribution in [3.05, 3.63) is 85.0 Å². The van der Waals surface area contributed by atoms with E-state index in [4.69, 9.17) is 0 Å². The molecule has 0 aromatic heterocycles. The molecule has 0 saturated heterocycles. The fourth-order valence-corrected chi connectivity index (χ4v) is 6.76. The van der Waals surface area contributed by atoms with Gasteiger partial charge in [0.1, 0.15) is 0 Å². The summed E-state index contributed by atoms with van der Waals surface area (Å²) >= 11 is 0. The molecule has 0 spiro atoms. The molecule has 43 heavy (non-hydrogen) atoms. The number of carbonyl (C=O) groups excluding carboxylic acids is 2. The molecule has 0 saturated carbocycles. The van der Waals surface area contributed by atoms with Gasteiger partial charge in [0.25, 0.3) is 20.0 Å². The summed E-state index contributed by atoms with van der Waals surface area (Å²) in [7, 11) is -7.05. The molecule has 5 atom stereocenters. The minimum Gasteiger partial charge on any atom is -0.469 e. The topological polar surface area (TPSA) is 165 Å². The molecule has 1 unspecified atom stereocenters. The Kier molecular flexibility index (Phi) is 13.6. The molecule has 15 heteroatoms. The van der Waals surface area contributed by atoms with Gasteiger partial charge in [-0.2, -0.15) is 0 Å². The van der Waals surface area contributed by atoms with E-state index in [0.29, 0.717) is 12.8 Å². The van der Waals surface area contributed by atoms with Gasteiger partial charge in [-0.3, -0.25) is 4.79 Å². The summed E-state index contributed by atoms with van der Waals surface area (Å²) in [5, 5.41) is 18.5. The minimum atomic E-state index is -4.77. The van der Waals surface area contributed by atoms with Gasteiger partial charge < -0.3 is 19.7 Å². The van der Waals surface area contributed by atoms with Gasteiger partial charge in [0, 0.05) is 11.8 Å². The predicted molar refractivity (Wildman–Crippen MR) is 150 cm³/mol. The molecule has 0 fully saturated rings. The van der Waals surface area contributed by atoms with Crippen LogP contribution in [0.3, 0.4) is 0 Å². The Balaban J connectivity index is 0.000000241. The standard InChI is InChI=1S/C12H10FNO4S2.C8H11FO3.C8H12O3/c13-14(19(15,16)11-7-3-1-4-8-11)20(17,18)12-9-5-2-6-10-12;1-12-8(11)7(9)5-3-2-4-6(5)10;1-11-8(10)5-6-3-2-4-7(6)9/h1-10H;2-3,5-7,10H,4H2,1H3;2-3,6-7,9H,4-5H2,1H3/t;5-,6-,7?;6-,7+/m.10/s1. The number of carbonyl (C=O) groups is 2. The van der Waals surface area contributed by atoms with Gasteiger partial charge in [-0.05, 0) is 37.1 Å². The minimum absolute atomic E-state index is 0.0394. The summed E-state index contributed by atoms with van der Waals surface area (Å²) in [6.07, 6.45) is 5.33. The first-order valence-electron chi connectivity index (χ1n) is 12.8. The van der Waals surface area contributed by atoms with E-state index < -0.39 is 64.0 Å². The summed E-state index contributed by atoms with van der Waals surface area (Å²) in [5.74, 6) is -1.97. The van der Waals surface area contributed by atoms with Crippen LogP contribution in [-0.2, 0) is 39.1 Å². The Bertz CT molecular complexity index is 1400. The highest BCUT2D eigenvalue weighted by Gasteiger charge is 2.37. The normalized spacial score (nSPS) is 21.7. The molecule has 2 aromatic rings. The molecular formula is C28H33F2NO10S2.